The van der Waals surface area contributed by atoms with Crippen LogP contribution < -0.4 is 5.32 Å². The molecule has 1 aliphatic rings. The van der Waals surface area contributed by atoms with Gasteiger partial charge in [0.25, 0.3) is 0 Å². The molecule has 1 N–H and O–H groups in total. The van der Waals surface area contributed by atoms with Crippen molar-refractivity contribution in [3.63, 3.8) is 0 Å². The number of nitrogens with one attached hydrogen (secondary N) is 1. The number of benzene rings is 2. The molecule has 2 aromatic carbocycles. The van der Waals surface area contributed by atoms with E-state index in [9.17, 15) is 13.2 Å². The van der Waals surface area contributed by atoms with Gasteiger partial charge in [0, 0.05) is 11.6 Å². The second-order valence-electron chi connectivity index (χ2n) is 6.25. The van der Waals surface area contributed by atoms with Crippen LogP contribution in [0.25, 0.3) is 0 Å². The predicted molar refractivity (Wildman–Crippen MR) is 90.3 cm³/mol. The van der Waals surface area contributed by atoms with Gasteiger partial charge >= 0.3 is 6.18 Å². The van der Waals surface area contributed by atoms with Gasteiger partial charge in [0.1, 0.15) is 0 Å². The Labute approximate surface area is 144 Å². The highest BCUT2D eigenvalue weighted by molar-refractivity contribution is 6.31. The standard InChI is InChI=1S/C19H19ClF3N/c20-18-11-15(14-4-5-14)6-7-16(18)12-24-9-8-13-2-1-3-17(10-13)19(21,22)23/h1-3,6-7,10-11,14,24H,4-5,8-9,12H2. The van der Waals surface area contributed by atoms with E-state index in [1.165, 1.54) is 30.5 Å². The van der Waals surface area contributed by atoms with E-state index >= 15 is 0 Å². The van der Waals surface area contributed by atoms with Gasteiger partial charge in [-0.3, -0.25) is 0 Å². The SMILES string of the molecule is FC(F)(F)c1cccc(CCNCc2ccc(C3CC3)cc2Cl)c1. The molecule has 0 aromatic heterocycles. The average molecular weight is 354 g/mol. The zero-order chi connectivity index (χ0) is 17.2. The highest BCUT2D eigenvalue weighted by Crippen LogP contribution is 2.41. The number of alkyl halides is 3. The Balaban J connectivity index is 1.50. The van der Waals surface area contributed by atoms with Crippen molar-refractivity contribution >= 4 is 11.6 Å². The first-order valence-corrected chi connectivity index (χ1v) is 8.46. The van der Waals surface area contributed by atoms with Crippen molar-refractivity contribution in [2.24, 2.45) is 0 Å². The number of rotatable bonds is 6. The van der Waals surface area contributed by atoms with Gasteiger partial charge in [0.05, 0.1) is 5.56 Å². The van der Waals surface area contributed by atoms with Crippen LogP contribution in [-0.4, -0.2) is 6.54 Å². The molecule has 0 heterocycles. The molecule has 1 saturated carbocycles. The first kappa shape index (κ1) is 17.3. The van der Waals surface area contributed by atoms with Gasteiger partial charge in [-0.2, -0.15) is 13.2 Å². The molecule has 1 nitrogen and oxygen atoms in total. The fraction of sp³-hybridized carbons (Fsp3) is 0.368. The third kappa shape index (κ3) is 4.52. The van der Waals surface area contributed by atoms with Crippen molar-refractivity contribution in [2.75, 3.05) is 6.54 Å². The molecule has 3 rings (SSSR count). The summed E-state index contributed by atoms with van der Waals surface area (Å²) in [6, 6.07) is 11.7. The molecule has 0 spiro atoms. The minimum absolute atomic E-state index is 0.543. The Morgan fingerprint density at radius 2 is 1.88 bits per heavy atom. The molecular formula is C19H19ClF3N. The summed E-state index contributed by atoms with van der Waals surface area (Å²) in [4.78, 5) is 0. The van der Waals surface area contributed by atoms with Crippen LogP contribution in [0.5, 0.6) is 0 Å². The largest absolute Gasteiger partial charge is 0.416 e. The fourth-order valence-electron chi connectivity index (χ4n) is 2.74. The van der Waals surface area contributed by atoms with E-state index in [0.29, 0.717) is 31.0 Å². The summed E-state index contributed by atoms with van der Waals surface area (Å²) in [5.41, 5.74) is 2.39. The Morgan fingerprint density at radius 1 is 1.08 bits per heavy atom. The van der Waals surface area contributed by atoms with Crippen LogP contribution >= 0.6 is 11.6 Å². The molecule has 0 radical (unpaired) electrons. The van der Waals surface area contributed by atoms with E-state index in [2.05, 4.69) is 11.4 Å². The van der Waals surface area contributed by atoms with Gasteiger partial charge in [0.2, 0.25) is 0 Å². The summed E-state index contributed by atoms with van der Waals surface area (Å²) in [7, 11) is 0. The van der Waals surface area contributed by atoms with Crippen LogP contribution in [0.4, 0.5) is 13.2 Å². The molecule has 0 amide bonds. The second kappa shape index (κ2) is 7.16. The van der Waals surface area contributed by atoms with Crippen molar-refractivity contribution in [3.05, 3.63) is 69.7 Å². The maximum Gasteiger partial charge on any atom is 0.416 e. The quantitative estimate of drug-likeness (QED) is 0.669. The lowest BCUT2D eigenvalue weighted by Crippen LogP contribution is -2.17. The van der Waals surface area contributed by atoms with Gasteiger partial charge in [-0.05, 0) is 60.5 Å². The molecule has 2 aromatic rings. The third-order valence-corrected chi connectivity index (χ3v) is 4.64. The van der Waals surface area contributed by atoms with Gasteiger partial charge in [0.15, 0.2) is 0 Å². The molecule has 1 fully saturated rings. The first-order valence-electron chi connectivity index (χ1n) is 8.08. The average Bonchev–Trinajstić information content (AvgIpc) is 3.37. The van der Waals surface area contributed by atoms with E-state index in [-0.39, 0.29) is 0 Å². The molecule has 0 unspecified atom stereocenters. The molecule has 0 bridgehead atoms. The summed E-state index contributed by atoms with van der Waals surface area (Å²) < 4.78 is 38.1. The zero-order valence-corrected chi connectivity index (χ0v) is 13.9. The molecule has 1 aliphatic carbocycles. The summed E-state index contributed by atoms with van der Waals surface area (Å²) >= 11 is 6.30. The summed E-state index contributed by atoms with van der Waals surface area (Å²) in [5, 5.41) is 4.00. The highest BCUT2D eigenvalue weighted by atomic mass is 35.5. The summed E-state index contributed by atoms with van der Waals surface area (Å²) in [6.07, 6.45) is -1.27. The fourth-order valence-corrected chi connectivity index (χ4v) is 2.99. The van der Waals surface area contributed by atoms with Crippen LogP contribution in [-0.2, 0) is 19.1 Å². The molecular weight excluding hydrogens is 335 g/mol. The summed E-state index contributed by atoms with van der Waals surface area (Å²) in [5.74, 6) is 0.672. The molecule has 0 aliphatic heterocycles. The van der Waals surface area contributed by atoms with E-state index in [4.69, 9.17) is 11.6 Å². The van der Waals surface area contributed by atoms with Crippen LogP contribution in [0.3, 0.4) is 0 Å². The number of halogens is 4. The predicted octanol–water partition coefficient (Wildman–Crippen LogP) is 5.57. The molecule has 0 saturated heterocycles. The minimum Gasteiger partial charge on any atom is -0.312 e. The van der Waals surface area contributed by atoms with Crippen molar-refractivity contribution in [3.8, 4) is 0 Å². The number of hydrogen-bond donors (Lipinski definition) is 1. The van der Waals surface area contributed by atoms with E-state index in [1.54, 1.807) is 6.07 Å². The zero-order valence-electron chi connectivity index (χ0n) is 13.2. The topological polar surface area (TPSA) is 12.0 Å². The Hall–Kier alpha value is -1.52. The maximum absolute atomic E-state index is 12.7. The van der Waals surface area contributed by atoms with Crippen molar-refractivity contribution in [1.82, 2.24) is 5.32 Å². The van der Waals surface area contributed by atoms with Crippen LogP contribution in [0.15, 0.2) is 42.5 Å². The van der Waals surface area contributed by atoms with E-state index < -0.39 is 11.7 Å². The Morgan fingerprint density at radius 3 is 2.54 bits per heavy atom. The third-order valence-electron chi connectivity index (χ3n) is 4.29. The normalized spacial score (nSPS) is 14.8. The first-order chi connectivity index (χ1) is 11.4. The molecule has 24 heavy (non-hydrogen) atoms. The van der Waals surface area contributed by atoms with Gasteiger partial charge < -0.3 is 5.32 Å². The van der Waals surface area contributed by atoms with Crippen LogP contribution in [0, 0.1) is 0 Å². The maximum atomic E-state index is 12.7. The lowest BCUT2D eigenvalue weighted by Gasteiger charge is -2.10. The second-order valence-corrected chi connectivity index (χ2v) is 6.66. The van der Waals surface area contributed by atoms with Crippen molar-refractivity contribution in [1.29, 1.82) is 0 Å². The lowest BCUT2D eigenvalue weighted by atomic mass is 10.1. The summed E-state index contributed by atoms with van der Waals surface area (Å²) in [6.45, 7) is 1.21. The molecule has 0 atom stereocenters. The highest BCUT2D eigenvalue weighted by Gasteiger charge is 2.30. The smallest absolute Gasteiger partial charge is 0.312 e. The Bertz CT molecular complexity index is 708. The van der Waals surface area contributed by atoms with E-state index in [1.807, 2.05) is 12.1 Å². The Kier molecular flexibility index (Phi) is 5.16. The van der Waals surface area contributed by atoms with Gasteiger partial charge in [-0.15, -0.1) is 0 Å². The van der Waals surface area contributed by atoms with E-state index in [0.717, 1.165) is 16.7 Å². The lowest BCUT2D eigenvalue weighted by molar-refractivity contribution is -0.137. The molecule has 5 heteroatoms. The molecule has 128 valence electrons. The minimum atomic E-state index is -4.29. The van der Waals surface area contributed by atoms with Crippen molar-refractivity contribution < 1.29 is 13.2 Å². The van der Waals surface area contributed by atoms with Crippen LogP contribution in [0.2, 0.25) is 5.02 Å². The van der Waals surface area contributed by atoms with Gasteiger partial charge in [-0.25, -0.2) is 0 Å². The monoisotopic (exact) mass is 353 g/mol. The van der Waals surface area contributed by atoms with Gasteiger partial charge in [-0.1, -0.05) is 41.9 Å². The van der Waals surface area contributed by atoms with Crippen LogP contribution in [0.1, 0.15) is 41.0 Å². The van der Waals surface area contributed by atoms with Crippen molar-refractivity contribution in [2.45, 2.75) is 37.9 Å². The number of hydrogen-bond acceptors (Lipinski definition) is 1.